The summed E-state index contributed by atoms with van der Waals surface area (Å²) in [5.74, 6) is 0. The van der Waals surface area contributed by atoms with E-state index in [0.717, 1.165) is 6.54 Å². The lowest BCUT2D eigenvalue weighted by atomic mass is 10.0. The van der Waals surface area contributed by atoms with E-state index in [1.54, 1.807) is 0 Å². The van der Waals surface area contributed by atoms with Gasteiger partial charge in [0.25, 0.3) is 0 Å². The topological polar surface area (TPSA) is 12.0 Å². The van der Waals surface area contributed by atoms with Gasteiger partial charge in [-0.15, -0.1) is 0 Å². The van der Waals surface area contributed by atoms with Gasteiger partial charge in [-0.05, 0) is 30.5 Å². The predicted octanol–water partition coefficient (Wildman–Crippen LogP) is 2.75. The third kappa shape index (κ3) is 1.81. The van der Waals surface area contributed by atoms with E-state index in [0.29, 0.717) is 6.04 Å². The smallest absolute Gasteiger partial charge is 0.0320 e. The number of rotatable bonds is 2. The Morgan fingerprint density at radius 1 is 1.46 bits per heavy atom. The van der Waals surface area contributed by atoms with Crippen molar-refractivity contribution in [2.45, 2.75) is 18.9 Å². The molecule has 0 aliphatic carbocycles. The lowest BCUT2D eigenvalue weighted by Gasteiger charge is -2.10. The van der Waals surface area contributed by atoms with E-state index in [1.165, 1.54) is 24.0 Å². The minimum Gasteiger partial charge on any atom is -0.310 e. The first kappa shape index (κ1) is 8.52. The van der Waals surface area contributed by atoms with Gasteiger partial charge in [-0.1, -0.05) is 36.9 Å². The largest absolute Gasteiger partial charge is 0.310 e. The van der Waals surface area contributed by atoms with Crippen LogP contribution in [0.25, 0.3) is 6.08 Å². The van der Waals surface area contributed by atoms with E-state index in [2.05, 4.69) is 36.2 Å². The number of benzene rings is 1. The first-order valence-electron chi connectivity index (χ1n) is 4.86. The van der Waals surface area contributed by atoms with Gasteiger partial charge in [0.1, 0.15) is 0 Å². The first-order valence-corrected chi connectivity index (χ1v) is 4.86. The maximum atomic E-state index is 3.78. The molecule has 0 amide bonds. The van der Waals surface area contributed by atoms with Crippen LogP contribution in [-0.2, 0) is 0 Å². The monoisotopic (exact) mass is 173 g/mol. The standard InChI is InChI=1S/C12H15N/c1-2-10-5-3-6-11(9-10)12-7-4-8-13-12/h2-3,5-6,9,12-13H,1,4,7-8H2. The summed E-state index contributed by atoms with van der Waals surface area (Å²) >= 11 is 0. The predicted molar refractivity (Wildman–Crippen MR) is 56.5 cm³/mol. The molecule has 1 aromatic carbocycles. The fraction of sp³-hybridized carbons (Fsp3) is 0.333. The van der Waals surface area contributed by atoms with Crippen molar-refractivity contribution < 1.29 is 0 Å². The Labute approximate surface area is 79.5 Å². The Morgan fingerprint density at radius 3 is 3.08 bits per heavy atom. The van der Waals surface area contributed by atoms with Crippen LogP contribution in [0.1, 0.15) is 30.0 Å². The molecule has 1 heteroatoms. The maximum Gasteiger partial charge on any atom is 0.0320 e. The summed E-state index contributed by atoms with van der Waals surface area (Å²) in [5, 5.41) is 3.49. The molecule has 0 radical (unpaired) electrons. The molecule has 0 saturated carbocycles. The van der Waals surface area contributed by atoms with Crippen molar-refractivity contribution in [2.75, 3.05) is 6.54 Å². The van der Waals surface area contributed by atoms with Gasteiger partial charge in [-0.25, -0.2) is 0 Å². The normalized spacial score (nSPS) is 21.7. The second-order valence-electron chi connectivity index (χ2n) is 3.52. The molecule has 0 bridgehead atoms. The third-order valence-electron chi connectivity index (χ3n) is 2.61. The van der Waals surface area contributed by atoms with Gasteiger partial charge in [-0.3, -0.25) is 0 Å². The van der Waals surface area contributed by atoms with Crippen LogP contribution in [-0.4, -0.2) is 6.54 Å². The van der Waals surface area contributed by atoms with Crippen LogP contribution >= 0.6 is 0 Å². The Morgan fingerprint density at radius 2 is 2.38 bits per heavy atom. The molecule has 1 heterocycles. The molecule has 2 rings (SSSR count). The van der Waals surface area contributed by atoms with Gasteiger partial charge < -0.3 is 5.32 Å². The minimum absolute atomic E-state index is 0.569. The molecule has 1 aliphatic heterocycles. The zero-order valence-electron chi connectivity index (χ0n) is 7.79. The second kappa shape index (κ2) is 3.75. The fourth-order valence-electron chi connectivity index (χ4n) is 1.87. The molecule has 1 N–H and O–H groups in total. The highest BCUT2D eigenvalue weighted by molar-refractivity contribution is 5.48. The van der Waals surface area contributed by atoms with Crippen molar-refractivity contribution in [1.82, 2.24) is 5.32 Å². The highest BCUT2D eigenvalue weighted by Gasteiger charge is 2.15. The van der Waals surface area contributed by atoms with E-state index in [9.17, 15) is 0 Å². The summed E-state index contributed by atoms with van der Waals surface area (Å²) in [6, 6.07) is 9.17. The zero-order chi connectivity index (χ0) is 9.10. The molecular weight excluding hydrogens is 158 g/mol. The fourth-order valence-corrected chi connectivity index (χ4v) is 1.87. The molecule has 13 heavy (non-hydrogen) atoms. The highest BCUT2D eigenvalue weighted by atomic mass is 14.9. The second-order valence-corrected chi connectivity index (χ2v) is 3.52. The molecule has 1 fully saturated rings. The molecule has 0 aromatic heterocycles. The van der Waals surface area contributed by atoms with Gasteiger partial charge >= 0.3 is 0 Å². The molecule has 1 unspecified atom stereocenters. The van der Waals surface area contributed by atoms with Crippen molar-refractivity contribution in [2.24, 2.45) is 0 Å². The highest BCUT2D eigenvalue weighted by Crippen LogP contribution is 2.23. The summed E-state index contributed by atoms with van der Waals surface area (Å²) in [5.41, 5.74) is 2.61. The molecule has 1 saturated heterocycles. The average Bonchev–Trinajstić information content (AvgIpc) is 2.71. The van der Waals surface area contributed by atoms with Gasteiger partial charge in [0.05, 0.1) is 0 Å². The molecule has 1 nitrogen and oxygen atoms in total. The summed E-state index contributed by atoms with van der Waals surface area (Å²) in [6.07, 6.45) is 4.46. The summed E-state index contributed by atoms with van der Waals surface area (Å²) < 4.78 is 0. The van der Waals surface area contributed by atoms with Gasteiger partial charge in [-0.2, -0.15) is 0 Å². The molecule has 1 aliphatic rings. The number of hydrogen-bond acceptors (Lipinski definition) is 1. The van der Waals surface area contributed by atoms with E-state index in [1.807, 2.05) is 6.08 Å². The van der Waals surface area contributed by atoms with Crippen LogP contribution in [0.4, 0.5) is 0 Å². The van der Waals surface area contributed by atoms with E-state index < -0.39 is 0 Å². The van der Waals surface area contributed by atoms with Crippen molar-refractivity contribution >= 4 is 6.08 Å². The van der Waals surface area contributed by atoms with Crippen molar-refractivity contribution in [3.63, 3.8) is 0 Å². The van der Waals surface area contributed by atoms with Crippen molar-refractivity contribution in [3.8, 4) is 0 Å². The third-order valence-corrected chi connectivity index (χ3v) is 2.61. The maximum absolute atomic E-state index is 3.78. The van der Waals surface area contributed by atoms with Crippen molar-refractivity contribution in [3.05, 3.63) is 42.0 Å². The SMILES string of the molecule is C=Cc1cccc(C2CCCN2)c1. The minimum atomic E-state index is 0.569. The molecule has 1 atom stereocenters. The van der Waals surface area contributed by atoms with Gasteiger partial charge in [0.2, 0.25) is 0 Å². The van der Waals surface area contributed by atoms with Gasteiger partial charge in [0, 0.05) is 6.04 Å². The average molecular weight is 173 g/mol. The molecule has 68 valence electrons. The number of nitrogens with one attached hydrogen (secondary N) is 1. The lowest BCUT2D eigenvalue weighted by molar-refractivity contribution is 0.647. The lowest BCUT2D eigenvalue weighted by Crippen LogP contribution is -2.12. The van der Waals surface area contributed by atoms with E-state index >= 15 is 0 Å². The molecular formula is C12H15N. The van der Waals surface area contributed by atoms with Crippen molar-refractivity contribution in [1.29, 1.82) is 0 Å². The van der Waals surface area contributed by atoms with E-state index in [4.69, 9.17) is 0 Å². The Bertz CT molecular complexity index is 298. The quantitative estimate of drug-likeness (QED) is 0.725. The molecule has 0 spiro atoms. The van der Waals surface area contributed by atoms with Crippen LogP contribution in [0.15, 0.2) is 30.8 Å². The Hall–Kier alpha value is -1.08. The summed E-state index contributed by atoms with van der Waals surface area (Å²) in [4.78, 5) is 0. The molecule has 1 aromatic rings. The van der Waals surface area contributed by atoms with Crippen LogP contribution in [0.2, 0.25) is 0 Å². The number of hydrogen-bond donors (Lipinski definition) is 1. The Balaban J connectivity index is 2.23. The Kier molecular flexibility index (Phi) is 2.46. The van der Waals surface area contributed by atoms with Crippen LogP contribution in [0, 0.1) is 0 Å². The van der Waals surface area contributed by atoms with Crippen LogP contribution in [0.5, 0.6) is 0 Å². The van der Waals surface area contributed by atoms with Crippen LogP contribution in [0.3, 0.4) is 0 Å². The summed E-state index contributed by atoms with van der Waals surface area (Å²) in [7, 11) is 0. The zero-order valence-corrected chi connectivity index (χ0v) is 7.79. The summed E-state index contributed by atoms with van der Waals surface area (Å²) in [6.45, 7) is 4.93. The van der Waals surface area contributed by atoms with Crippen LogP contribution < -0.4 is 5.32 Å². The first-order chi connectivity index (χ1) is 6.40. The van der Waals surface area contributed by atoms with E-state index in [-0.39, 0.29) is 0 Å². The van der Waals surface area contributed by atoms with Gasteiger partial charge in [0.15, 0.2) is 0 Å².